The van der Waals surface area contributed by atoms with E-state index in [9.17, 15) is 9.59 Å². The number of benzene rings is 1. The summed E-state index contributed by atoms with van der Waals surface area (Å²) in [7, 11) is 4.49. The standard InChI is InChI=1S/C9H7BO5.C3H8.4C2H6/c10-15-9(12)14-6-13-8(11)7-4-2-1-3-5-7;1-3-2;4*1-2/h1-5H,6H2;3H2,1-2H3;4*1-2H3. The van der Waals surface area contributed by atoms with Gasteiger partial charge in [0.05, 0.1) is 5.56 Å². The average molecular weight is 370 g/mol. The van der Waals surface area contributed by atoms with Crippen LogP contribution in [0.25, 0.3) is 0 Å². The summed E-state index contributed by atoms with van der Waals surface area (Å²) in [5.74, 6) is -0.597. The zero-order valence-corrected chi connectivity index (χ0v) is 18.4. The van der Waals surface area contributed by atoms with Gasteiger partial charge in [0.1, 0.15) is 0 Å². The van der Waals surface area contributed by atoms with Gasteiger partial charge in [-0.3, -0.25) is 0 Å². The molecule has 1 aromatic rings. The molecular weight excluding hydrogens is 331 g/mol. The number of hydrogen-bond acceptors (Lipinski definition) is 5. The van der Waals surface area contributed by atoms with Crippen molar-refractivity contribution in [3.63, 3.8) is 0 Å². The van der Waals surface area contributed by atoms with Crippen molar-refractivity contribution in [1.82, 2.24) is 0 Å². The lowest BCUT2D eigenvalue weighted by atomic mass is 10.2. The third-order valence-corrected chi connectivity index (χ3v) is 1.47. The molecule has 0 unspecified atom stereocenters. The summed E-state index contributed by atoms with van der Waals surface area (Å²) < 4.78 is 12.5. The largest absolute Gasteiger partial charge is 0.513 e. The maximum atomic E-state index is 11.2. The normalized spacial score (nSPS) is 6.85. The summed E-state index contributed by atoms with van der Waals surface area (Å²) in [5.41, 5.74) is 0.363. The lowest BCUT2D eigenvalue weighted by Crippen LogP contribution is -2.13. The van der Waals surface area contributed by atoms with E-state index < -0.39 is 18.9 Å². The quantitative estimate of drug-likeness (QED) is 0.343. The van der Waals surface area contributed by atoms with Crippen LogP contribution in [0.1, 0.15) is 86.0 Å². The van der Waals surface area contributed by atoms with Gasteiger partial charge in [0.15, 0.2) is 0 Å². The molecule has 0 heterocycles. The molecule has 1 rings (SSSR count). The summed E-state index contributed by atoms with van der Waals surface area (Å²) in [5, 5.41) is 0. The Kier molecular flexibility index (Phi) is 52.2. The van der Waals surface area contributed by atoms with E-state index in [2.05, 4.69) is 36.0 Å². The van der Waals surface area contributed by atoms with E-state index in [4.69, 9.17) is 0 Å². The highest BCUT2D eigenvalue weighted by Crippen LogP contribution is 2.00. The van der Waals surface area contributed by atoms with Crippen LogP contribution in [0.3, 0.4) is 0 Å². The molecule has 0 aliphatic carbocycles. The summed E-state index contributed by atoms with van der Waals surface area (Å²) in [6.45, 7) is 19.7. The molecular formula is C20H39BO5. The van der Waals surface area contributed by atoms with E-state index in [-0.39, 0.29) is 0 Å². The number of rotatable bonds is 3. The molecule has 6 heteroatoms. The van der Waals surface area contributed by atoms with Crippen LogP contribution in [-0.2, 0) is 14.1 Å². The van der Waals surface area contributed by atoms with Crippen molar-refractivity contribution in [3.8, 4) is 0 Å². The summed E-state index contributed by atoms with van der Waals surface area (Å²) >= 11 is 0. The van der Waals surface area contributed by atoms with Crippen LogP contribution < -0.4 is 0 Å². The molecule has 0 atom stereocenters. The van der Waals surface area contributed by atoms with E-state index in [1.54, 1.807) is 30.3 Å². The average Bonchev–Trinajstić information content (AvgIpc) is 2.75. The highest BCUT2D eigenvalue weighted by molar-refractivity contribution is 6.04. The highest BCUT2D eigenvalue weighted by atomic mass is 16.8. The van der Waals surface area contributed by atoms with Crippen LogP contribution in [-0.4, -0.2) is 27.0 Å². The molecule has 0 bridgehead atoms. The van der Waals surface area contributed by atoms with Gasteiger partial charge in [-0.15, -0.1) is 0 Å². The summed E-state index contributed by atoms with van der Waals surface area (Å²) in [4.78, 5) is 21.6. The second-order valence-corrected chi connectivity index (χ2v) is 3.13. The topological polar surface area (TPSA) is 61.8 Å². The molecule has 0 fully saturated rings. The van der Waals surface area contributed by atoms with Gasteiger partial charge < -0.3 is 14.1 Å². The molecule has 1 aromatic carbocycles. The molecule has 152 valence electrons. The molecule has 5 nitrogen and oxygen atoms in total. The van der Waals surface area contributed by atoms with E-state index in [0.717, 1.165) is 0 Å². The summed E-state index contributed by atoms with van der Waals surface area (Å²) in [6.07, 6.45) is 0.135. The van der Waals surface area contributed by atoms with Gasteiger partial charge in [-0.25, -0.2) is 9.59 Å². The molecule has 0 spiro atoms. The van der Waals surface area contributed by atoms with Gasteiger partial charge in [-0.05, 0) is 12.1 Å². The number of esters is 1. The minimum Gasteiger partial charge on any atom is -0.513 e. The third-order valence-electron chi connectivity index (χ3n) is 1.47. The van der Waals surface area contributed by atoms with Gasteiger partial charge in [-0.1, -0.05) is 93.9 Å². The lowest BCUT2D eigenvalue weighted by Gasteiger charge is -2.04. The zero-order valence-electron chi connectivity index (χ0n) is 18.4. The number of carbonyl (C=O) groups is 2. The van der Waals surface area contributed by atoms with Gasteiger partial charge in [-0.2, -0.15) is 0 Å². The van der Waals surface area contributed by atoms with Crippen LogP contribution in [0.4, 0.5) is 4.79 Å². The molecule has 0 N–H and O–H groups in total. The minimum atomic E-state index is -1.11. The molecule has 0 amide bonds. The first-order valence-electron chi connectivity index (χ1n) is 9.41. The van der Waals surface area contributed by atoms with Gasteiger partial charge in [0.25, 0.3) is 0 Å². The van der Waals surface area contributed by atoms with Gasteiger partial charge in [0.2, 0.25) is 6.79 Å². The van der Waals surface area contributed by atoms with Crippen LogP contribution in [0, 0.1) is 0 Å². The molecule has 0 saturated carbocycles. The van der Waals surface area contributed by atoms with Gasteiger partial charge in [0, 0.05) is 0 Å². The first-order valence-corrected chi connectivity index (χ1v) is 9.41. The Morgan fingerprint density at radius 3 is 1.54 bits per heavy atom. The van der Waals surface area contributed by atoms with Crippen molar-refractivity contribution in [2.75, 3.05) is 6.79 Å². The van der Waals surface area contributed by atoms with E-state index >= 15 is 0 Å². The Morgan fingerprint density at radius 2 is 1.19 bits per heavy atom. The number of ether oxygens (including phenoxy) is 2. The van der Waals surface area contributed by atoms with E-state index in [0.29, 0.717) is 5.56 Å². The van der Waals surface area contributed by atoms with Crippen LogP contribution >= 0.6 is 0 Å². The highest BCUT2D eigenvalue weighted by Gasteiger charge is 2.07. The molecule has 2 radical (unpaired) electrons. The Balaban J connectivity index is -0.000000113. The molecule has 0 saturated heterocycles. The van der Waals surface area contributed by atoms with Crippen molar-refractivity contribution < 1.29 is 23.7 Å². The van der Waals surface area contributed by atoms with Crippen molar-refractivity contribution in [2.24, 2.45) is 0 Å². The molecule has 26 heavy (non-hydrogen) atoms. The predicted molar refractivity (Wildman–Crippen MR) is 111 cm³/mol. The maximum absolute atomic E-state index is 11.2. The van der Waals surface area contributed by atoms with Crippen molar-refractivity contribution in [1.29, 1.82) is 0 Å². The zero-order chi connectivity index (χ0) is 21.8. The smallest absolute Gasteiger partial charge is 0.492 e. The van der Waals surface area contributed by atoms with E-state index in [1.165, 1.54) is 6.42 Å². The Hall–Kier alpha value is -1.98. The fraction of sp³-hybridized carbons (Fsp3) is 0.600. The van der Waals surface area contributed by atoms with Crippen LogP contribution in [0.2, 0.25) is 0 Å². The lowest BCUT2D eigenvalue weighted by molar-refractivity contribution is -0.0135. The van der Waals surface area contributed by atoms with E-state index in [1.807, 2.05) is 55.4 Å². The Morgan fingerprint density at radius 1 is 0.808 bits per heavy atom. The first-order chi connectivity index (χ1) is 12.7. The monoisotopic (exact) mass is 370 g/mol. The molecule has 0 aliphatic rings. The van der Waals surface area contributed by atoms with Crippen molar-refractivity contribution in [3.05, 3.63) is 35.9 Å². The fourth-order valence-corrected chi connectivity index (χ4v) is 0.823. The van der Waals surface area contributed by atoms with Crippen LogP contribution in [0.15, 0.2) is 30.3 Å². The summed E-state index contributed by atoms with van der Waals surface area (Å²) in [6, 6.07) is 8.28. The van der Waals surface area contributed by atoms with Crippen LogP contribution in [0.5, 0.6) is 0 Å². The van der Waals surface area contributed by atoms with Crippen molar-refractivity contribution in [2.45, 2.75) is 75.7 Å². The fourth-order valence-electron chi connectivity index (χ4n) is 0.823. The minimum absolute atomic E-state index is 0.363. The molecule has 0 aliphatic heterocycles. The number of hydrogen-bond donors (Lipinski definition) is 0. The molecule has 0 aromatic heterocycles. The third kappa shape index (κ3) is 30.0. The first kappa shape index (κ1) is 35.2. The predicted octanol–water partition coefficient (Wildman–Crippen LogP) is 6.56. The second-order valence-electron chi connectivity index (χ2n) is 3.13. The maximum Gasteiger partial charge on any atom is 0.492 e. The SMILES string of the molecule is CC.CC.CC.CC.CCC.[B]OC(=O)OCOC(=O)c1ccccc1. The Labute approximate surface area is 162 Å². The van der Waals surface area contributed by atoms with Gasteiger partial charge >= 0.3 is 20.2 Å². The van der Waals surface area contributed by atoms with Crippen molar-refractivity contribution >= 4 is 20.2 Å². The Bertz CT molecular complexity index is 356. The second kappa shape index (κ2) is 38.5. The number of carbonyl (C=O) groups excluding carboxylic acids is 2.